The second-order valence-corrected chi connectivity index (χ2v) is 3.31. The van der Waals surface area contributed by atoms with E-state index in [0.717, 1.165) is 11.4 Å². The third kappa shape index (κ3) is 1.29. The lowest BCUT2D eigenvalue weighted by Gasteiger charge is -2.25. The summed E-state index contributed by atoms with van der Waals surface area (Å²) in [6.45, 7) is 3.94. The first-order valence-corrected chi connectivity index (χ1v) is 4.51. The number of hydrogen-bond donors (Lipinski definition) is 0. The highest BCUT2D eigenvalue weighted by Gasteiger charge is 2.12. The molecular formula is C12H13NO. The van der Waals surface area contributed by atoms with Crippen molar-refractivity contribution in [3.05, 3.63) is 42.1 Å². The number of ether oxygens (including phenoxy) is 1. The van der Waals surface area contributed by atoms with Gasteiger partial charge in [0.15, 0.2) is 0 Å². The van der Waals surface area contributed by atoms with Crippen molar-refractivity contribution in [2.75, 3.05) is 19.1 Å². The molecule has 0 aliphatic carbocycles. The van der Waals surface area contributed by atoms with Crippen molar-refractivity contribution in [1.29, 1.82) is 0 Å². The first-order valence-electron chi connectivity index (χ1n) is 4.51. The van der Waals surface area contributed by atoms with Gasteiger partial charge in [0.1, 0.15) is 5.75 Å². The van der Waals surface area contributed by atoms with Gasteiger partial charge in [0.2, 0.25) is 0 Å². The van der Waals surface area contributed by atoms with E-state index in [1.165, 1.54) is 11.3 Å². The van der Waals surface area contributed by atoms with Crippen LogP contribution >= 0.6 is 0 Å². The number of anilines is 1. The molecular weight excluding hydrogens is 174 g/mol. The maximum atomic E-state index is 5.17. The third-order valence-electron chi connectivity index (χ3n) is 2.48. The summed E-state index contributed by atoms with van der Waals surface area (Å²) >= 11 is 0. The number of nitrogens with zero attached hydrogens (tertiary/aromatic N) is 1. The van der Waals surface area contributed by atoms with E-state index in [2.05, 4.69) is 17.6 Å². The summed E-state index contributed by atoms with van der Waals surface area (Å²) in [5.74, 6) is 0.884. The molecule has 1 aromatic rings. The summed E-state index contributed by atoms with van der Waals surface area (Å²) < 4.78 is 5.17. The van der Waals surface area contributed by atoms with Gasteiger partial charge in [0.25, 0.3) is 0 Å². The Hall–Kier alpha value is -1.70. The lowest BCUT2D eigenvalue weighted by atomic mass is 10.1. The van der Waals surface area contributed by atoms with Gasteiger partial charge in [-0.15, -0.1) is 0 Å². The molecule has 0 fully saturated rings. The van der Waals surface area contributed by atoms with Gasteiger partial charge in [-0.1, -0.05) is 12.7 Å². The van der Waals surface area contributed by atoms with Crippen LogP contribution in [-0.2, 0) is 0 Å². The number of methoxy groups -OCH3 is 1. The Kier molecular flexibility index (Phi) is 2.04. The molecule has 1 aliphatic rings. The number of rotatable bonds is 1. The number of allylic oxidation sites excluding steroid dienone is 1. The maximum Gasteiger partial charge on any atom is 0.119 e. The van der Waals surface area contributed by atoms with Crippen molar-refractivity contribution in [3.63, 3.8) is 0 Å². The first-order chi connectivity index (χ1) is 6.72. The zero-order valence-corrected chi connectivity index (χ0v) is 8.45. The molecule has 0 amide bonds. The van der Waals surface area contributed by atoms with Gasteiger partial charge in [0, 0.05) is 24.0 Å². The Morgan fingerprint density at radius 3 is 2.79 bits per heavy atom. The van der Waals surface area contributed by atoms with Gasteiger partial charge in [-0.25, -0.2) is 0 Å². The standard InChI is InChI=1S/C12H13NO/c1-9-4-5-10-8-11(14-3)6-7-12(10)13(9)2/h4-8H,1H2,2-3H3. The highest BCUT2D eigenvalue weighted by Crippen LogP contribution is 2.31. The molecule has 1 heterocycles. The molecule has 2 rings (SSSR count). The van der Waals surface area contributed by atoms with E-state index in [1.54, 1.807) is 7.11 Å². The summed E-state index contributed by atoms with van der Waals surface area (Å²) in [5, 5.41) is 0. The fraction of sp³-hybridized carbons (Fsp3) is 0.167. The predicted octanol–water partition coefficient (Wildman–Crippen LogP) is 2.67. The number of benzene rings is 1. The van der Waals surface area contributed by atoms with Crippen molar-refractivity contribution < 1.29 is 4.74 Å². The summed E-state index contributed by atoms with van der Waals surface area (Å²) in [4.78, 5) is 2.06. The van der Waals surface area contributed by atoms with Crippen LogP contribution in [0.5, 0.6) is 5.75 Å². The van der Waals surface area contributed by atoms with Crippen LogP contribution in [0.4, 0.5) is 5.69 Å². The topological polar surface area (TPSA) is 12.5 Å². The van der Waals surface area contributed by atoms with Gasteiger partial charge < -0.3 is 9.64 Å². The fourth-order valence-corrected chi connectivity index (χ4v) is 1.55. The molecule has 0 unspecified atom stereocenters. The van der Waals surface area contributed by atoms with E-state index >= 15 is 0 Å². The average molecular weight is 187 g/mol. The molecule has 14 heavy (non-hydrogen) atoms. The maximum absolute atomic E-state index is 5.17. The van der Waals surface area contributed by atoms with Gasteiger partial charge in [-0.2, -0.15) is 0 Å². The molecule has 0 bridgehead atoms. The molecule has 0 N–H and O–H groups in total. The first kappa shape index (κ1) is 8.88. The zero-order chi connectivity index (χ0) is 10.1. The Bertz CT molecular complexity index is 407. The van der Waals surface area contributed by atoms with Crippen molar-refractivity contribution in [1.82, 2.24) is 0 Å². The van der Waals surface area contributed by atoms with E-state index in [9.17, 15) is 0 Å². The monoisotopic (exact) mass is 187 g/mol. The van der Waals surface area contributed by atoms with Gasteiger partial charge in [-0.05, 0) is 24.3 Å². The normalized spacial score (nSPS) is 14.1. The van der Waals surface area contributed by atoms with Crippen LogP contribution < -0.4 is 9.64 Å². The lowest BCUT2D eigenvalue weighted by Crippen LogP contribution is -2.17. The van der Waals surface area contributed by atoms with E-state index < -0.39 is 0 Å². The highest BCUT2D eigenvalue weighted by molar-refractivity contribution is 5.76. The largest absolute Gasteiger partial charge is 0.497 e. The lowest BCUT2D eigenvalue weighted by molar-refractivity contribution is 0.414. The van der Waals surface area contributed by atoms with E-state index in [4.69, 9.17) is 4.74 Å². The van der Waals surface area contributed by atoms with Crippen LogP contribution in [0.15, 0.2) is 36.6 Å². The predicted molar refractivity (Wildman–Crippen MR) is 59.6 cm³/mol. The molecule has 0 saturated heterocycles. The molecule has 1 aromatic carbocycles. The molecule has 1 aliphatic heterocycles. The summed E-state index contributed by atoms with van der Waals surface area (Å²) in [5.41, 5.74) is 3.33. The van der Waals surface area contributed by atoms with Gasteiger partial charge in [-0.3, -0.25) is 0 Å². The minimum absolute atomic E-state index is 0.884. The van der Waals surface area contributed by atoms with Crippen molar-refractivity contribution in [2.45, 2.75) is 0 Å². The highest BCUT2D eigenvalue weighted by atomic mass is 16.5. The van der Waals surface area contributed by atoms with E-state index in [1.807, 2.05) is 31.3 Å². The summed E-state index contributed by atoms with van der Waals surface area (Å²) in [6, 6.07) is 6.03. The quantitative estimate of drug-likeness (QED) is 0.670. The molecule has 0 atom stereocenters. The molecule has 0 spiro atoms. The SMILES string of the molecule is C=C1C=Cc2cc(OC)ccc2N1C. The van der Waals surface area contributed by atoms with Gasteiger partial charge >= 0.3 is 0 Å². The molecule has 2 heteroatoms. The number of hydrogen-bond acceptors (Lipinski definition) is 2. The second kappa shape index (κ2) is 3.22. The minimum Gasteiger partial charge on any atom is -0.497 e. The minimum atomic E-state index is 0.884. The van der Waals surface area contributed by atoms with E-state index in [0.29, 0.717) is 0 Å². The number of likely N-dealkylation sites (N-methyl/N-ethyl adjacent to an activating group) is 1. The Morgan fingerprint density at radius 1 is 1.29 bits per heavy atom. The van der Waals surface area contributed by atoms with E-state index in [-0.39, 0.29) is 0 Å². The van der Waals surface area contributed by atoms with Crippen LogP contribution in [-0.4, -0.2) is 14.2 Å². The summed E-state index contributed by atoms with van der Waals surface area (Å²) in [6.07, 6.45) is 4.06. The van der Waals surface area contributed by atoms with Crippen LogP contribution in [0.25, 0.3) is 6.08 Å². The molecule has 72 valence electrons. The number of fused-ring (bicyclic) bond motifs is 1. The van der Waals surface area contributed by atoms with Crippen molar-refractivity contribution >= 4 is 11.8 Å². The van der Waals surface area contributed by atoms with Crippen LogP contribution in [0.1, 0.15) is 5.56 Å². The molecule has 0 radical (unpaired) electrons. The molecule has 0 saturated carbocycles. The summed E-state index contributed by atoms with van der Waals surface area (Å²) in [7, 11) is 3.69. The van der Waals surface area contributed by atoms with Crippen molar-refractivity contribution in [2.24, 2.45) is 0 Å². The zero-order valence-electron chi connectivity index (χ0n) is 8.45. The smallest absolute Gasteiger partial charge is 0.119 e. The fourth-order valence-electron chi connectivity index (χ4n) is 1.55. The second-order valence-electron chi connectivity index (χ2n) is 3.31. The Morgan fingerprint density at radius 2 is 2.07 bits per heavy atom. The Balaban J connectivity index is 2.51. The molecule has 2 nitrogen and oxygen atoms in total. The van der Waals surface area contributed by atoms with Crippen molar-refractivity contribution in [3.8, 4) is 5.75 Å². The van der Waals surface area contributed by atoms with Crippen LogP contribution in [0.2, 0.25) is 0 Å². The third-order valence-corrected chi connectivity index (χ3v) is 2.48. The van der Waals surface area contributed by atoms with Crippen LogP contribution in [0, 0.1) is 0 Å². The van der Waals surface area contributed by atoms with Gasteiger partial charge in [0.05, 0.1) is 7.11 Å². The van der Waals surface area contributed by atoms with Crippen LogP contribution in [0.3, 0.4) is 0 Å². The average Bonchev–Trinajstić information content (AvgIpc) is 2.23. The molecule has 0 aromatic heterocycles. The Labute approximate surface area is 84.1 Å².